The van der Waals surface area contributed by atoms with Gasteiger partial charge in [0.2, 0.25) is 0 Å². The SMILES string of the molecule is CC1CC(C)CN(C(=O)Nc2ccc(CN)cc2)C1. The van der Waals surface area contributed by atoms with E-state index in [0.717, 1.165) is 24.3 Å². The van der Waals surface area contributed by atoms with E-state index in [0.29, 0.717) is 18.4 Å². The van der Waals surface area contributed by atoms with Crippen molar-refractivity contribution in [1.29, 1.82) is 0 Å². The molecule has 0 aliphatic carbocycles. The van der Waals surface area contributed by atoms with Gasteiger partial charge in [-0.25, -0.2) is 4.79 Å². The quantitative estimate of drug-likeness (QED) is 0.860. The van der Waals surface area contributed by atoms with E-state index in [1.54, 1.807) is 0 Å². The molecule has 0 saturated carbocycles. The third kappa shape index (κ3) is 3.70. The molecular weight excluding hydrogens is 238 g/mol. The zero-order valence-electron chi connectivity index (χ0n) is 11.7. The van der Waals surface area contributed by atoms with E-state index in [1.165, 1.54) is 6.42 Å². The molecule has 0 aromatic heterocycles. The molecule has 4 nitrogen and oxygen atoms in total. The first-order valence-corrected chi connectivity index (χ1v) is 6.93. The summed E-state index contributed by atoms with van der Waals surface area (Å²) in [6.45, 7) is 6.61. The van der Waals surface area contributed by atoms with E-state index in [1.807, 2.05) is 29.2 Å². The van der Waals surface area contributed by atoms with Crippen LogP contribution in [-0.4, -0.2) is 24.0 Å². The van der Waals surface area contributed by atoms with E-state index >= 15 is 0 Å². The molecule has 2 unspecified atom stereocenters. The monoisotopic (exact) mass is 261 g/mol. The summed E-state index contributed by atoms with van der Waals surface area (Å²) in [4.78, 5) is 14.1. The average molecular weight is 261 g/mol. The first-order chi connectivity index (χ1) is 9.08. The van der Waals surface area contributed by atoms with Crippen molar-refractivity contribution in [3.63, 3.8) is 0 Å². The molecule has 4 heteroatoms. The molecule has 1 aromatic rings. The highest BCUT2D eigenvalue weighted by Gasteiger charge is 2.25. The van der Waals surface area contributed by atoms with Crippen LogP contribution in [0.25, 0.3) is 0 Å². The van der Waals surface area contributed by atoms with Crippen LogP contribution in [0.4, 0.5) is 10.5 Å². The summed E-state index contributed by atoms with van der Waals surface area (Å²) in [5.74, 6) is 1.16. The number of hydrogen-bond acceptors (Lipinski definition) is 2. The number of amides is 2. The number of urea groups is 1. The van der Waals surface area contributed by atoms with Crippen LogP contribution in [0.2, 0.25) is 0 Å². The van der Waals surface area contributed by atoms with Crippen molar-refractivity contribution in [2.45, 2.75) is 26.8 Å². The lowest BCUT2D eigenvalue weighted by atomic mass is 9.92. The Kier molecular flexibility index (Phi) is 4.43. The number of carbonyl (C=O) groups is 1. The normalized spacial score (nSPS) is 23.2. The molecule has 0 radical (unpaired) electrons. The summed E-state index contributed by atoms with van der Waals surface area (Å²) in [6.07, 6.45) is 1.20. The molecule has 1 aliphatic rings. The molecule has 1 heterocycles. The van der Waals surface area contributed by atoms with Gasteiger partial charge in [0.1, 0.15) is 0 Å². The van der Waals surface area contributed by atoms with E-state index < -0.39 is 0 Å². The van der Waals surface area contributed by atoms with E-state index in [9.17, 15) is 4.79 Å². The molecule has 1 aliphatic heterocycles. The Morgan fingerprint density at radius 3 is 2.37 bits per heavy atom. The minimum absolute atomic E-state index is 0.00102. The van der Waals surface area contributed by atoms with E-state index in [4.69, 9.17) is 5.73 Å². The number of nitrogens with one attached hydrogen (secondary N) is 1. The van der Waals surface area contributed by atoms with Crippen molar-refractivity contribution in [2.75, 3.05) is 18.4 Å². The first kappa shape index (κ1) is 13.9. The molecule has 1 aromatic carbocycles. The minimum atomic E-state index is -0.00102. The maximum Gasteiger partial charge on any atom is 0.321 e. The van der Waals surface area contributed by atoms with Crippen molar-refractivity contribution < 1.29 is 4.79 Å². The van der Waals surface area contributed by atoms with E-state index in [-0.39, 0.29) is 6.03 Å². The summed E-state index contributed by atoms with van der Waals surface area (Å²) >= 11 is 0. The number of nitrogens with two attached hydrogens (primary N) is 1. The zero-order valence-corrected chi connectivity index (χ0v) is 11.7. The van der Waals surface area contributed by atoms with Gasteiger partial charge in [0.05, 0.1) is 0 Å². The zero-order chi connectivity index (χ0) is 13.8. The van der Waals surface area contributed by atoms with Crippen LogP contribution < -0.4 is 11.1 Å². The predicted molar refractivity (Wildman–Crippen MR) is 77.9 cm³/mol. The number of likely N-dealkylation sites (tertiary alicyclic amines) is 1. The Balaban J connectivity index is 1.96. The van der Waals surface area contributed by atoms with Crippen molar-refractivity contribution >= 4 is 11.7 Å². The third-order valence-corrected chi connectivity index (χ3v) is 3.60. The molecule has 1 fully saturated rings. The Labute approximate surface area is 115 Å². The van der Waals surface area contributed by atoms with Gasteiger partial charge in [-0.1, -0.05) is 26.0 Å². The topological polar surface area (TPSA) is 58.4 Å². The highest BCUT2D eigenvalue weighted by Crippen LogP contribution is 2.21. The Bertz CT molecular complexity index is 420. The molecule has 3 N–H and O–H groups in total. The van der Waals surface area contributed by atoms with Crippen LogP contribution in [0.3, 0.4) is 0 Å². The van der Waals surface area contributed by atoms with Crippen LogP contribution >= 0.6 is 0 Å². The number of rotatable bonds is 2. The minimum Gasteiger partial charge on any atom is -0.326 e. The standard InChI is InChI=1S/C15H23N3O/c1-11-7-12(2)10-18(9-11)15(19)17-14-5-3-13(8-16)4-6-14/h3-6,11-12H,7-10,16H2,1-2H3,(H,17,19). The maximum absolute atomic E-state index is 12.2. The molecule has 1 saturated heterocycles. The molecule has 0 spiro atoms. The summed E-state index contributed by atoms with van der Waals surface area (Å²) in [6, 6.07) is 7.68. The third-order valence-electron chi connectivity index (χ3n) is 3.60. The Hall–Kier alpha value is -1.55. The lowest BCUT2D eigenvalue weighted by Gasteiger charge is -2.34. The van der Waals surface area contributed by atoms with Crippen molar-refractivity contribution in [2.24, 2.45) is 17.6 Å². The highest BCUT2D eigenvalue weighted by molar-refractivity contribution is 5.89. The molecule has 0 bridgehead atoms. The summed E-state index contributed by atoms with van der Waals surface area (Å²) < 4.78 is 0. The van der Waals surface area contributed by atoms with Gasteiger partial charge in [-0.05, 0) is 36.0 Å². The lowest BCUT2D eigenvalue weighted by Crippen LogP contribution is -2.44. The number of carbonyl (C=O) groups excluding carboxylic acids is 1. The predicted octanol–water partition coefficient (Wildman–Crippen LogP) is 2.66. The summed E-state index contributed by atoms with van der Waals surface area (Å²) in [7, 11) is 0. The number of anilines is 1. The van der Waals surface area contributed by atoms with Crippen molar-refractivity contribution in [3.05, 3.63) is 29.8 Å². The van der Waals surface area contributed by atoms with Crippen LogP contribution in [-0.2, 0) is 6.54 Å². The first-order valence-electron chi connectivity index (χ1n) is 6.93. The second kappa shape index (κ2) is 6.06. The molecular formula is C15H23N3O. The van der Waals surface area contributed by atoms with Crippen LogP contribution in [0.1, 0.15) is 25.8 Å². The fourth-order valence-corrected chi connectivity index (χ4v) is 2.76. The van der Waals surface area contributed by atoms with Gasteiger partial charge in [0, 0.05) is 25.3 Å². The number of hydrogen-bond donors (Lipinski definition) is 2. The smallest absolute Gasteiger partial charge is 0.321 e. The fraction of sp³-hybridized carbons (Fsp3) is 0.533. The molecule has 2 atom stereocenters. The average Bonchev–Trinajstić information content (AvgIpc) is 2.38. The Morgan fingerprint density at radius 1 is 1.26 bits per heavy atom. The highest BCUT2D eigenvalue weighted by atomic mass is 16.2. The largest absolute Gasteiger partial charge is 0.326 e. The number of nitrogens with zero attached hydrogens (tertiary/aromatic N) is 1. The second-order valence-electron chi connectivity index (χ2n) is 5.68. The number of benzene rings is 1. The summed E-state index contributed by atoms with van der Waals surface area (Å²) in [5.41, 5.74) is 7.45. The van der Waals surface area contributed by atoms with Gasteiger partial charge >= 0.3 is 6.03 Å². The summed E-state index contributed by atoms with van der Waals surface area (Å²) in [5, 5.41) is 2.95. The van der Waals surface area contributed by atoms with Crippen LogP contribution in [0.5, 0.6) is 0 Å². The molecule has 104 valence electrons. The van der Waals surface area contributed by atoms with Crippen LogP contribution in [0, 0.1) is 11.8 Å². The fourth-order valence-electron chi connectivity index (χ4n) is 2.76. The van der Waals surface area contributed by atoms with E-state index in [2.05, 4.69) is 19.2 Å². The van der Waals surface area contributed by atoms with Crippen molar-refractivity contribution in [1.82, 2.24) is 4.90 Å². The molecule has 19 heavy (non-hydrogen) atoms. The molecule has 2 amide bonds. The van der Waals surface area contributed by atoms with Crippen molar-refractivity contribution in [3.8, 4) is 0 Å². The van der Waals surface area contributed by atoms with Gasteiger partial charge in [0.15, 0.2) is 0 Å². The maximum atomic E-state index is 12.2. The number of piperidine rings is 1. The lowest BCUT2D eigenvalue weighted by molar-refractivity contribution is 0.156. The molecule has 2 rings (SSSR count). The van der Waals surface area contributed by atoms with Gasteiger partial charge in [-0.2, -0.15) is 0 Å². The van der Waals surface area contributed by atoms with Crippen LogP contribution in [0.15, 0.2) is 24.3 Å². The second-order valence-corrected chi connectivity index (χ2v) is 5.68. The van der Waals surface area contributed by atoms with Gasteiger partial charge < -0.3 is 16.0 Å². The van der Waals surface area contributed by atoms with Gasteiger partial charge in [-0.3, -0.25) is 0 Å². The van der Waals surface area contributed by atoms with Gasteiger partial charge in [0.25, 0.3) is 0 Å². The van der Waals surface area contributed by atoms with Gasteiger partial charge in [-0.15, -0.1) is 0 Å². The Morgan fingerprint density at radius 2 is 1.84 bits per heavy atom.